The summed E-state index contributed by atoms with van der Waals surface area (Å²) in [4.78, 5) is 11.9. The molecule has 2 N–H and O–H groups in total. The number of alkyl carbamates (subject to hydrolysis) is 1. The Balaban J connectivity index is 1.67. The van der Waals surface area contributed by atoms with Gasteiger partial charge >= 0.3 is 6.09 Å². The van der Waals surface area contributed by atoms with E-state index in [0.717, 1.165) is 11.4 Å². The van der Waals surface area contributed by atoms with Crippen molar-refractivity contribution in [3.8, 4) is 0 Å². The van der Waals surface area contributed by atoms with E-state index in [1.807, 2.05) is 30.0 Å². The van der Waals surface area contributed by atoms with Gasteiger partial charge in [0.2, 0.25) is 0 Å². The van der Waals surface area contributed by atoms with E-state index in [-0.39, 0.29) is 31.5 Å². The molecule has 0 spiro atoms. The topological polar surface area (TPSA) is 98.9 Å². The summed E-state index contributed by atoms with van der Waals surface area (Å²) in [5.74, 6) is 1.52. The van der Waals surface area contributed by atoms with E-state index in [9.17, 15) is 4.79 Å². The van der Waals surface area contributed by atoms with Crippen LogP contribution in [0.1, 0.15) is 51.2 Å². The first kappa shape index (κ1) is 24.8. The number of nitrogens with one attached hydrogen (secondary N) is 2. The lowest BCUT2D eigenvalue weighted by Gasteiger charge is -2.43. The van der Waals surface area contributed by atoms with Crippen molar-refractivity contribution < 1.29 is 13.9 Å². The molecule has 1 amide bonds. The molecule has 0 saturated heterocycles. The van der Waals surface area contributed by atoms with Crippen molar-refractivity contribution in [1.29, 1.82) is 0 Å². The summed E-state index contributed by atoms with van der Waals surface area (Å²) in [6, 6.07) is 3.27. The largest absolute Gasteiger partial charge is 0.444 e. The van der Waals surface area contributed by atoms with Gasteiger partial charge in [0.05, 0.1) is 13.1 Å². The lowest BCUT2D eigenvalue weighted by Crippen LogP contribution is -2.57. The Morgan fingerprint density at radius 1 is 1.44 bits per heavy atom. The zero-order chi connectivity index (χ0) is 23.5. The molecule has 9 nitrogen and oxygen atoms in total. The lowest BCUT2D eigenvalue weighted by molar-refractivity contribution is 0.0149. The number of ether oxygens (including phenoxy) is 1. The molecule has 2 heterocycles. The highest BCUT2D eigenvalue weighted by molar-refractivity contribution is 7.98. The Morgan fingerprint density at radius 3 is 2.75 bits per heavy atom. The minimum absolute atomic E-state index is 0.0911. The molecule has 1 aliphatic rings. The van der Waals surface area contributed by atoms with Gasteiger partial charge in [-0.2, -0.15) is 11.8 Å². The van der Waals surface area contributed by atoms with Crippen LogP contribution in [0.3, 0.4) is 0 Å². The maximum atomic E-state index is 15.1. The highest BCUT2D eigenvalue weighted by atomic mass is 35.5. The predicted octanol–water partition coefficient (Wildman–Crippen LogP) is 3.10. The van der Waals surface area contributed by atoms with Gasteiger partial charge in [-0.05, 0) is 62.4 Å². The minimum atomic E-state index is -1.49. The first-order valence-corrected chi connectivity index (χ1v) is 12.3. The molecule has 1 aliphatic carbocycles. The van der Waals surface area contributed by atoms with Gasteiger partial charge in [-0.15, -0.1) is 5.10 Å². The maximum absolute atomic E-state index is 15.1. The number of halogens is 2. The molecule has 2 aromatic rings. The SMILES string of the molecule is CSCCn1nnnc1C(NC1CC(F)(CNC(=O)OC(C)(C)C)C1)c1ccc(Cl)n1C. The Bertz CT molecular complexity index is 923. The van der Waals surface area contributed by atoms with Crippen LogP contribution in [0, 0.1) is 0 Å². The van der Waals surface area contributed by atoms with E-state index in [1.54, 1.807) is 37.2 Å². The third-order valence-electron chi connectivity index (χ3n) is 5.30. The molecular weight excluding hydrogens is 457 g/mol. The first-order chi connectivity index (χ1) is 15.0. The van der Waals surface area contributed by atoms with Crippen LogP contribution in [0.15, 0.2) is 12.1 Å². The van der Waals surface area contributed by atoms with Crippen LogP contribution < -0.4 is 10.6 Å². The van der Waals surface area contributed by atoms with Crippen LogP contribution in [-0.4, -0.2) is 66.7 Å². The summed E-state index contributed by atoms with van der Waals surface area (Å²) in [5, 5.41) is 18.8. The van der Waals surface area contributed by atoms with Crippen LogP contribution in [0.25, 0.3) is 0 Å². The van der Waals surface area contributed by atoms with E-state index >= 15 is 4.39 Å². The van der Waals surface area contributed by atoms with Gasteiger partial charge in [-0.25, -0.2) is 13.9 Å². The number of carbonyl (C=O) groups is 1. The average molecular weight is 488 g/mol. The number of rotatable bonds is 9. The van der Waals surface area contributed by atoms with E-state index in [1.165, 1.54) is 0 Å². The van der Waals surface area contributed by atoms with Crippen molar-refractivity contribution in [1.82, 2.24) is 35.4 Å². The van der Waals surface area contributed by atoms with Crippen molar-refractivity contribution in [2.75, 3.05) is 18.6 Å². The quantitative estimate of drug-likeness (QED) is 0.560. The monoisotopic (exact) mass is 487 g/mol. The number of nitrogens with zero attached hydrogens (tertiary/aromatic N) is 5. The number of carbonyl (C=O) groups excluding carboxylic acids is 1. The predicted molar refractivity (Wildman–Crippen MR) is 123 cm³/mol. The van der Waals surface area contributed by atoms with Gasteiger partial charge in [-0.1, -0.05) is 11.6 Å². The van der Waals surface area contributed by atoms with Crippen LogP contribution >= 0.6 is 23.4 Å². The molecule has 1 saturated carbocycles. The summed E-state index contributed by atoms with van der Waals surface area (Å²) in [6.07, 6.45) is 1.92. The number of aryl methyl sites for hydroxylation is 1. The van der Waals surface area contributed by atoms with Gasteiger partial charge in [0.1, 0.15) is 22.5 Å². The third-order valence-corrected chi connectivity index (χ3v) is 6.27. The van der Waals surface area contributed by atoms with Gasteiger partial charge in [0.15, 0.2) is 5.82 Å². The van der Waals surface area contributed by atoms with Crippen LogP contribution in [-0.2, 0) is 18.3 Å². The third kappa shape index (κ3) is 6.14. The van der Waals surface area contributed by atoms with Crippen LogP contribution in [0.5, 0.6) is 0 Å². The molecule has 32 heavy (non-hydrogen) atoms. The van der Waals surface area contributed by atoms with Crippen LogP contribution in [0.4, 0.5) is 9.18 Å². The molecule has 0 aromatic carbocycles. The molecule has 0 aliphatic heterocycles. The van der Waals surface area contributed by atoms with Crippen molar-refractivity contribution in [3.63, 3.8) is 0 Å². The van der Waals surface area contributed by atoms with E-state index in [4.69, 9.17) is 16.3 Å². The second-order valence-electron chi connectivity index (χ2n) is 9.10. The van der Waals surface area contributed by atoms with Crippen molar-refractivity contribution in [2.24, 2.45) is 7.05 Å². The fourth-order valence-electron chi connectivity index (χ4n) is 3.70. The highest BCUT2D eigenvalue weighted by Crippen LogP contribution is 2.38. The van der Waals surface area contributed by atoms with E-state index in [2.05, 4.69) is 26.2 Å². The van der Waals surface area contributed by atoms with Crippen LogP contribution in [0.2, 0.25) is 5.15 Å². The van der Waals surface area contributed by atoms with Gasteiger partial charge in [-0.3, -0.25) is 5.32 Å². The summed E-state index contributed by atoms with van der Waals surface area (Å²) >= 11 is 7.97. The fourth-order valence-corrected chi connectivity index (χ4v) is 4.22. The number of aromatic nitrogens is 5. The van der Waals surface area contributed by atoms with Gasteiger partial charge < -0.3 is 14.6 Å². The number of thioether (sulfide) groups is 1. The van der Waals surface area contributed by atoms with Crippen molar-refractivity contribution in [2.45, 2.75) is 63.5 Å². The van der Waals surface area contributed by atoms with Crippen molar-refractivity contribution in [3.05, 3.63) is 28.8 Å². The minimum Gasteiger partial charge on any atom is -0.444 e. The van der Waals surface area contributed by atoms with Gasteiger partial charge in [0, 0.05) is 24.5 Å². The normalized spacial score (nSPS) is 21.8. The molecule has 2 aromatic heterocycles. The number of hydrogen-bond acceptors (Lipinski definition) is 7. The standard InChI is InChI=1S/C20H31ClFN7O2S/c1-19(2,3)31-18(30)23-12-20(22)10-13(11-20)24-16(14-6-7-15(21)28(14)4)17-25-26-27-29(17)8-9-32-5/h6-7,13,16,24H,8-12H2,1-5H3,(H,23,30). The second-order valence-corrected chi connectivity index (χ2v) is 10.5. The Hall–Kier alpha value is -1.85. The molecular formula is C20H31ClFN7O2S. The maximum Gasteiger partial charge on any atom is 0.407 e. The molecule has 178 valence electrons. The molecule has 1 atom stereocenters. The van der Waals surface area contributed by atoms with E-state index in [0.29, 0.717) is 17.5 Å². The Morgan fingerprint density at radius 2 is 2.16 bits per heavy atom. The molecule has 1 unspecified atom stereocenters. The smallest absolute Gasteiger partial charge is 0.407 e. The molecule has 0 bridgehead atoms. The zero-order valence-electron chi connectivity index (χ0n) is 19.1. The average Bonchev–Trinajstić information content (AvgIpc) is 3.27. The van der Waals surface area contributed by atoms with E-state index < -0.39 is 17.4 Å². The summed E-state index contributed by atoms with van der Waals surface area (Å²) in [6.45, 7) is 5.88. The second kappa shape index (κ2) is 9.96. The molecule has 0 radical (unpaired) electrons. The number of alkyl halides is 1. The number of tetrazole rings is 1. The highest BCUT2D eigenvalue weighted by Gasteiger charge is 2.46. The number of hydrogen-bond donors (Lipinski definition) is 2. The number of amides is 1. The lowest BCUT2D eigenvalue weighted by atomic mass is 9.76. The Labute approximate surface area is 196 Å². The van der Waals surface area contributed by atoms with Crippen molar-refractivity contribution >= 4 is 29.5 Å². The molecule has 1 fully saturated rings. The fraction of sp³-hybridized carbons (Fsp3) is 0.700. The Kier molecular flexibility index (Phi) is 7.72. The molecule has 12 heteroatoms. The first-order valence-electron chi connectivity index (χ1n) is 10.5. The zero-order valence-corrected chi connectivity index (χ0v) is 20.6. The summed E-state index contributed by atoms with van der Waals surface area (Å²) < 4.78 is 23.9. The van der Waals surface area contributed by atoms with Gasteiger partial charge in [0.25, 0.3) is 0 Å². The summed E-state index contributed by atoms with van der Waals surface area (Å²) in [5.41, 5.74) is -1.23. The summed E-state index contributed by atoms with van der Waals surface area (Å²) in [7, 11) is 1.87. The molecule has 3 rings (SSSR count).